The Morgan fingerprint density at radius 2 is 2.00 bits per heavy atom. The zero-order chi connectivity index (χ0) is 10.8. The quantitative estimate of drug-likeness (QED) is 0.658. The van der Waals surface area contributed by atoms with Gasteiger partial charge in [-0.15, -0.1) is 0 Å². The van der Waals surface area contributed by atoms with Crippen LogP contribution < -0.4 is 10.7 Å². The van der Waals surface area contributed by atoms with Crippen molar-refractivity contribution in [2.24, 2.45) is 0 Å². The Morgan fingerprint density at radius 1 is 1.27 bits per heavy atom. The van der Waals surface area contributed by atoms with Crippen molar-refractivity contribution in [2.75, 3.05) is 0 Å². The van der Waals surface area contributed by atoms with Gasteiger partial charge in [0, 0.05) is 5.69 Å². The SMILES string of the molecule is O=C([O-])c1cc2c([nH]c1=O)CCCCC2. The molecule has 0 saturated heterocycles. The van der Waals surface area contributed by atoms with Gasteiger partial charge in [-0.3, -0.25) is 4.79 Å². The highest BCUT2D eigenvalue weighted by atomic mass is 16.4. The molecule has 4 heteroatoms. The smallest absolute Gasteiger partial charge is 0.257 e. The minimum atomic E-state index is -1.40. The van der Waals surface area contributed by atoms with Crippen LogP contribution in [0.15, 0.2) is 10.9 Å². The predicted octanol–water partition coefficient (Wildman–Crippen LogP) is 0.00730. The molecule has 0 amide bonds. The van der Waals surface area contributed by atoms with Gasteiger partial charge in [-0.1, -0.05) is 6.42 Å². The third-order valence-corrected chi connectivity index (χ3v) is 2.81. The Labute approximate surface area is 87.0 Å². The lowest BCUT2D eigenvalue weighted by Crippen LogP contribution is -2.30. The molecule has 0 unspecified atom stereocenters. The molecule has 0 aliphatic heterocycles. The summed E-state index contributed by atoms with van der Waals surface area (Å²) in [5.74, 6) is -1.40. The molecule has 1 aromatic rings. The fraction of sp³-hybridized carbons (Fsp3) is 0.455. The second-order valence-corrected chi connectivity index (χ2v) is 3.86. The second kappa shape index (κ2) is 3.88. The first-order chi connectivity index (χ1) is 7.18. The summed E-state index contributed by atoms with van der Waals surface area (Å²) in [6, 6.07) is 1.47. The number of carbonyl (C=O) groups excluding carboxylic acids is 1. The lowest BCUT2D eigenvalue weighted by atomic mass is 10.1. The maximum absolute atomic E-state index is 11.4. The van der Waals surface area contributed by atoms with E-state index in [1.54, 1.807) is 0 Å². The van der Waals surface area contributed by atoms with Crippen LogP contribution in [0.4, 0.5) is 0 Å². The Kier molecular flexibility index (Phi) is 2.58. The summed E-state index contributed by atoms with van der Waals surface area (Å²) in [5.41, 5.74) is 1.04. The molecular weight excluding hydrogens is 194 g/mol. The summed E-state index contributed by atoms with van der Waals surface area (Å²) in [6.45, 7) is 0. The summed E-state index contributed by atoms with van der Waals surface area (Å²) in [5, 5.41) is 10.7. The lowest BCUT2D eigenvalue weighted by Gasteiger charge is -2.08. The van der Waals surface area contributed by atoms with Crippen molar-refractivity contribution in [1.82, 2.24) is 4.98 Å². The number of pyridine rings is 1. The van der Waals surface area contributed by atoms with Crippen molar-refractivity contribution in [3.05, 3.63) is 33.2 Å². The average molecular weight is 206 g/mol. The average Bonchev–Trinajstić information content (AvgIpc) is 2.40. The van der Waals surface area contributed by atoms with Crippen LogP contribution in [0.25, 0.3) is 0 Å². The molecule has 1 N–H and O–H groups in total. The van der Waals surface area contributed by atoms with Crippen molar-refractivity contribution in [3.8, 4) is 0 Å². The molecule has 4 nitrogen and oxygen atoms in total. The third kappa shape index (κ3) is 1.93. The highest BCUT2D eigenvalue weighted by Gasteiger charge is 2.11. The Hall–Kier alpha value is -1.58. The van der Waals surface area contributed by atoms with E-state index in [9.17, 15) is 14.7 Å². The van der Waals surface area contributed by atoms with Gasteiger partial charge in [0.15, 0.2) is 0 Å². The number of nitrogens with one attached hydrogen (secondary N) is 1. The molecule has 2 rings (SSSR count). The fourth-order valence-electron chi connectivity index (χ4n) is 2.00. The van der Waals surface area contributed by atoms with Gasteiger partial charge < -0.3 is 14.9 Å². The molecule has 1 heterocycles. The van der Waals surface area contributed by atoms with E-state index in [2.05, 4.69) is 4.98 Å². The lowest BCUT2D eigenvalue weighted by molar-refractivity contribution is -0.255. The van der Waals surface area contributed by atoms with Gasteiger partial charge in [-0.25, -0.2) is 0 Å². The maximum Gasteiger partial charge on any atom is 0.257 e. The fourth-order valence-corrected chi connectivity index (χ4v) is 2.00. The highest BCUT2D eigenvalue weighted by Crippen LogP contribution is 2.17. The number of aromatic carboxylic acids is 1. The molecule has 0 fully saturated rings. The van der Waals surface area contributed by atoms with Gasteiger partial charge in [0.2, 0.25) is 0 Å². The van der Waals surface area contributed by atoms with E-state index in [1.165, 1.54) is 6.07 Å². The normalized spacial score (nSPS) is 15.5. The zero-order valence-corrected chi connectivity index (χ0v) is 8.34. The molecule has 0 bridgehead atoms. The maximum atomic E-state index is 11.4. The van der Waals surface area contributed by atoms with E-state index in [-0.39, 0.29) is 5.56 Å². The van der Waals surface area contributed by atoms with Crippen molar-refractivity contribution < 1.29 is 9.90 Å². The van der Waals surface area contributed by atoms with Crippen LogP contribution in [-0.2, 0) is 12.8 Å². The Morgan fingerprint density at radius 3 is 2.73 bits per heavy atom. The molecule has 15 heavy (non-hydrogen) atoms. The molecule has 0 atom stereocenters. The van der Waals surface area contributed by atoms with Gasteiger partial charge in [0.25, 0.3) is 5.56 Å². The summed E-state index contributed by atoms with van der Waals surface area (Å²) >= 11 is 0. The number of hydrogen-bond acceptors (Lipinski definition) is 3. The molecule has 0 saturated carbocycles. The number of aryl methyl sites for hydroxylation is 2. The highest BCUT2D eigenvalue weighted by molar-refractivity contribution is 5.85. The minimum absolute atomic E-state index is 0.254. The molecule has 1 aliphatic carbocycles. The standard InChI is InChI=1S/C11H13NO3/c13-10-8(11(14)15)6-7-4-2-1-3-5-9(7)12-10/h6H,1-5H2,(H,12,13)(H,14,15)/p-1. The molecule has 0 radical (unpaired) electrons. The number of carboxylic acids is 1. The molecule has 80 valence electrons. The van der Waals surface area contributed by atoms with Gasteiger partial charge in [-0.2, -0.15) is 0 Å². The summed E-state index contributed by atoms with van der Waals surface area (Å²) in [6.07, 6.45) is 4.89. The van der Waals surface area contributed by atoms with E-state index in [1.807, 2.05) is 0 Å². The monoisotopic (exact) mass is 206 g/mol. The molecule has 1 aromatic heterocycles. The van der Waals surface area contributed by atoms with Crippen LogP contribution in [0.1, 0.15) is 40.9 Å². The van der Waals surface area contributed by atoms with E-state index in [0.717, 1.165) is 43.4 Å². The van der Waals surface area contributed by atoms with Gasteiger partial charge in [0.05, 0.1) is 11.5 Å². The van der Waals surface area contributed by atoms with Crippen LogP contribution >= 0.6 is 0 Å². The summed E-state index contributed by atoms with van der Waals surface area (Å²) in [4.78, 5) is 24.7. The first-order valence-electron chi connectivity index (χ1n) is 5.15. The van der Waals surface area contributed by atoms with Crippen molar-refractivity contribution in [2.45, 2.75) is 32.1 Å². The van der Waals surface area contributed by atoms with Crippen LogP contribution in [-0.4, -0.2) is 11.0 Å². The zero-order valence-electron chi connectivity index (χ0n) is 8.34. The largest absolute Gasteiger partial charge is 0.545 e. The van der Waals surface area contributed by atoms with Crippen molar-refractivity contribution in [3.63, 3.8) is 0 Å². The van der Waals surface area contributed by atoms with Crippen molar-refractivity contribution in [1.29, 1.82) is 0 Å². The second-order valence-electron chi connectivity index (χ2n) is 3.86. The number of aromatic nitrogens is 1. The van der Waals surface area contributed by atoms with Crippen LogP contribution in [0.3, 0.4) is 0 Å². The van der Waals surface area contributed by atoms with Gasteiger partial charge in [-0.05, 0) is 37.3 Å². The topological polar surface area (TPSA) is 73.0 Å². The number of H-pyrrole nitrogens is 1. The third-order valence-electron chi connectivity index (χ3n) is 2.81. The number of carboxylic acid groups (broad SMARTS) is 1. The number of aromatic amines is 1. The van der Waals surface area contributed by atoms with Crippen LogP contribution in [0.2, 0.25) is 0 Å². The molecule has 0 spiro atoms. The predicted molar refractivity (Wildman–Crippen MR) is 52.7 cm³/mol. The first kappa shape index (κ1) is 9.96. The number of carbonyl (C=O) groups is 1. The number of hydrogen-bond donors (Lipinski definition) is 1. The Balaban J connectivity index is 2.52. The minimum Gasteiger partial charge on any atom is -0.545 e. The number of fused-ring (bicyclic) bond motifs is 1. The molecular formula is C11H12NO3-. The van der Waals surface area contributed by atoms with E-state index < -0.39 is 11.5 Å². The van der Waals surface area contributed by atoms with Crippen molar-refractivity contribution >= 4 is 5.97 Å². The van der Waals surface area contributed by atoms with Gasteiger partial charge >= 0.3 is 0 Å². The van der Waals surface area contributed by atoms with Crippen LogP contribution in [0.5, 0.6) is 0 Å². The van der Waals surface area contributed by atoms with E-state index >= 15 is 0 Å². The summed E-state index contributed by atoms with van der Waals surface area (Å²) in [7, 11) is 0. The number of rotatable bonds is 1. The summed E-state index contributed by atoms with van der Waals surface area (Å²) < 4.78 is 0. The van der Waals surface area contributed by atoms with Crippen LogP contribution in [0, 0.1) is 0 Å². The molecule has 0 aromatic carbocycles. The Bertz CT molecular complexity index is 448. The molecule has 1 aliphatic rings. The van der Waals surface area contributed by atoms with E-state index in [4.69, 9.17) is 0 Å². The first-order valence-corrected chi connectivity index (χ1v) is 5.15. The van der Waals surface area contributed by atoms with Gasteiger partial charge in [0.1, 0.15) is 0 Å². The van der Waals surface area contributed by atoms with E-state index in [0.29, 0.717) is 0 Å².